The molecule has 0 bridgehead atoms. The highest BCUT2D eigenvalue weighted by atomic mass is 35.5. The summed E-state index contributed by atoms with van der Waals surface area (Å²) in [6.07, 6.45) is 3.24. The van der Waals surface area contributed by atoms with E-state index >= 15 is 0 Å². The lowest BCUT2D eigenvalue weighted by Crippen LogP contribution is -2.50. The number of piperidine rings is 1. The van der Waals surface area contributed by atoms with Gasteiger partial charge in [-0.1, -0.05) is 23.7 Å². The average molecular weight is 380 g/mol. The molecule has 0 radical (unpaired) electrons. The average Bonchev–Trinajstić information content (AvgIpc) is 3.18. The lowest BCUT2D eigenvalue weighted by atomic mass is 9.73. The molecule has 2 heterocycles. The third-order valence-corrected chi connectivity index (χ3v) is 5.65. The minimum absolute atomic E-state index is 0.0615. The molecule has 5 nitrogen and oxygen atoms in total. The number of nitrogens with zero attached hydrogens (tertiary/aromatic N) is 1. The van der Waals surface area contributed by atoms with Crippen LogP contribution < -0.4 is 0 Å². The van der Waals surface area contributed by atoms with E-state index in [0.717, 1.165) is 18.4 Å². The molecule has 2 aliphatic rings. The number of carbonyl (C=O) groups excluding carboxylic acids is 2. The summed E-state index contributed by atoms with van der Waals surface area (Å²) in [6.45, 7) is 3.97. The Morgan fingerprint density at radius 1 is 1.27 bits per heavy atom. The van der Waals surface area contributed by atoms with Crippen molar-refractivity contribution >= 4 is 23.5 Å². The normalized spacial score (nSPS) is 22.2. The Labute approximate surface area is 159 Å². The van der Waals surface area contributed by atoms with Gasteiger partial charge in [0.05, 0.1) is 12.0 Å². The summed E-state index contributed by atoms with van der Waals surface area (Å²) < 4.78 is 10.9. The number of carbonyl (C=O) groups is 2. The third-order valence-electron chi connectivity index (χ3n) is 5.40. The topological polar surface area (TPSA) is 55.8 Å². The van der Waals surface area contributed by atoms with Gasteiger partial charge in [-0.25, -0.2) is 0 Å². The molecule has 0 N–H and O–H groups in total. The van der Waals surface area contributed by atoms with E-state index < -0.39 is 5.41 Å². The van der Waals surface area contributed by atoms with Gasteiger partial charge in [-0.2, -0.15) is 0 Å². The molecule has 1 aromatic carbocycles. The zero-order valence-corrected chi connectivity index (χ0v) is 16.0. The summed E-state index contributed by atoms with van der Waals surface area (Å²) in [5.41, 5.74) is 0.471. The van der Waals surface area contributed by atoms with Crippen molar-refractivity contribution in [3.8, 4) is 0 Å². The van der Waals surface area contributed by atoms with E-state index in [-0.39, 0.29) is 18.0 Å². The predicted molar refractivity (Wildman–Crippen MR) is 99.0 cm³/mol. The first-order chi connectivity index (χ1) is 12.5. The standard InChI is InChI=1S/C20H26ClNO4/c1-2-25-19(24)20(14-15-5-7-16(21)8-6-15)9-11-22(12-10-20)18(23)17-4-3-13-26-17/h5-8,17H,2-4,9-14H2,1H3/t17-/m0/s1. The fourth-order valence-electron chi connectivity index (χ4n) is 3.86. The number of hydrogen-bond donors (Lipinski definition) is 0. The highest BCUT2D eigenvalue weighted by Crippen LogP contribution is 2.37. The van der Waals surface area contributed by atoms with Gasteiger partial charge in [-0.05, 0) is 56.7 Å². The van der Waals surface area contributed by atoms with E-state index in [4.69, 9.17) is 21.1 Å². The molecule has 0 unspecified atom stereocenters. The largest absolute Gasteiger partial charge is 0.466 e. The van der Waals surface area contributed by atoms with Crippen LogP contribution in [0.5, 0.6) is 0 Å². The Morgan fingerprint density at radius 2 is 1.96 bits per heavy atom. The molecule has 0 spiro atoms. The highest BCUT2D eigenvalue weighted by molar-refractivity contribution is 6.30. The molecule has 1 atom stereocenters. The number of amides is 1. The molecule has 0 saturated carbocycles. The van der Waals surface area contributed by atoms with Crippen molar-refractivity contribution < 1.29 is 19.1 Å². The molecule has 2 fully saturated rings. The molecule has 1 aromatic rings. The van der Waals surface area contributed by atoms with E-state index in [2.05, 4.69) is 0 Å². The maximum Gasteiger partial charge on any atom is 0.312 e. The number of ether oxygens (including phenoxy) is 2. The summed E-state index contributed by atoms with van der Waals surface area (Å²) >= 11 is 5.97. The summed E-state index contributed by atoms with van der Waals surface area (Å²) in [7, 11) is 0. The molecule has 0 aromatic heterocycles. The van der Waals surface area contributed by atoms with Crippen LogP contribution in [0, 0.1) is 5.41 Å². The van der Waals surface area contributed by atoms with E-state index in [9.17, 15) is 9.59 Å². The van der Waals surface area contributed by atoms with Gasteiger partial charge in [0.15, 0.2) is 0 Å². The lowest BCUT2D eigenvalue weighted by molar-refractivity contribution is -0.161. The molecular weight excluding hydrogens is 354 g/mol. The van der Waals surface area contributed by atoms with Gasteiger partial charge in [-0.15, -0.1) is 0 Å². The van der Waals surface area contributed by atoms with E-state index in [0.29, 0.717) is 50.6 Å². The van der Waals surface area contributed by atoms with Gasteiger partial charge < -0.3 is 14.4 Å². The molecule has 1 amide bonds. The summed E-state index contributed by atoms with van der Waals surface area (Å²) in [5.74, 6) is -0.106. The van der Waals surface area contributed by atoms with Crippen LogP contribution in [0.1, 0.15) is 38.2 Å². The van der Waals surface area contributed by atoms with Crippen molar-refractivity contribution in [2.24, 2.45) is 5.41 Å². The van der Waals surface area contributed by atoms with Gasteiger partial charge in [0.2, 0.25) is 0 Å². The number of hydrogen-bond acceptors (Lipinski definition) is 4. The Morgan fingerprint density at radius 3 is 2.54 bits per heavy atom. The molecule has 2 saturated heterocycles. The molecule has 142 valence electrons. The maximum absolute atomic E-state index is 12.7. The van der Waals surface area contributed by atoms with Crippen LogP contribution in [0.15, 0.2) is 24.3 Å². The molecular formula is C20H26ClNO4. The smallest absolute Gasteiger partial charge is 0.312 e. The van der Waals surface area contributed by atoms with Crippen LogP contribution in [0.3, 0.4) is 0 Å². The summed E-state index contributed by atoms with van der Waals surface area (Å²) in [4.78, 5) is 27.2. The summed E-state index contributed by atoms with van der Waals surface area (Å²) in [6, 6.07) is 7.58. The second-order valence-corrected chi connectivity index (χ2v) is 7.57. The maximum atomic E-state index is 12.7. The van der Waals surface area contributed by atoms with Crippen LogP contribution in [0.4, 0.5) is 0 Å². The van der Waals surface area contributed by atoms with Gasteiger partial charge in [0, 0.05) is 24.7 Å². The van der Waals surface area contributed by atoms with Crippen LogP contribution in [-0.2, 0) is 25.5 Å². The highest BCUT2D eigenvalue weighted by Gasteiger charge is 2.44. The van der Waals surface area contributed by atoms with Gasteiger partial charge in [0.25, 0.3) is 5.91 Å². The molecule has 3 rings (SSSR count). The van der Waals surface area contributed by atoms with E-state index in [1.807, 2.05) is 36.1 Å². The number of rotatable bonds is 5. The van der Waals surface area contributed by atoms with Crippen LogP contribution >= 0.6 is 11.6 Å². The Kier molecular flexibility index (Phi) is 6.20. The molecule has 26 heavy (non-hydrogen) atoms. The van der Waals surface area contributed by atoms with Crippen molar-refractivity contribution in [2.75, 3.05) is 26.3 Å². The van der Waals surface area contributed by atoms with Gasteiger partial charge in [-0.3, -0.25) is 9.59 Å². The minimum atomic E-state index is -0.586. The molecule has 0 aliphatic carbocycles. The zero-order valence-electron chi connectivity index (χ0n) is 15.2. The van der Waals surface area contributed by atoms with Crippen molar-refractivity contribution in [1.29, 1.82) is 0 Å². The molecule has 2 aliphatic heterocycles. The SMILES string of the molecule is CCOC(=O)C1(Cc2ccc(Cl)cc2)CCN(C(=O)[C@@H]2CCCO2)CC1. The monoisotopic (exact) mass is 379 g/mol. The molecule has 6 heteroatoms. The number of benzene rings is 1. The summed E-state index contributed by atoms with van der Waals surface area (Å²) in [5, 5.41) is 0.677. The Balaban J connectivity index is 1.70. The first kappa shape index (κ1) is 19.2. The first-order valence-electron chi connectivity index (χ1n) is 9.36. The number of esters is 1. The zero-order chi connectivity index (χ0) is 18.6. The van der Waals surface area contributed by atoms with Crippen molar-refractivity contribution in [1.82, 2.24) is 4.90 Å². The van der Waals surface area contributed by atoms with Crippen molar-refractivity contribution in [2.45, 2.75) is 45.1 Å². The fourth-order valence-corrected chi connectivity index (χ4v) is 3.99. The van der Waals surface area contributed by atoms with Gasteiger partial charge in [0.1, 0.15) is 6.10 Å². The first-order valence-corrected chi connectivity index (χ1v) is 9.74. The fraction of sp³-hybridized carbons (Fsp3) is 0.600. The van der Waals surface area contributed by atoms with E-state index in [1.54, 1.807) is 0 Å². The predicted octanol–water partition coefficient (Wildman–Crippen LogP) is 3.23. The number of likely N-dealkylation sites (tertiary alicyclic amines) is 1. The van der Waals surface area contributed by atoms with Gasteiger partial charge >= 0.3 is 5.97 Å². The second kappa shape index (κ2) is 8.40. The third kappa shape index (κ3) is 4.21. The Bertz CT molecular complexity index is 632. The van der Waals surface area contributed by atoms with Crippen LogP contribution in [-0.4, -0.2) is 49.2 Å². The minimum Gasteiger partial charge on any atom is -0.466 e. The van der Waals surface area contributed by atoms with E-state index in [1.165, 1.54) is 0 Å². The lowest BCUT2D eigenvalue weighted by Gasteiger charge is -2.40. The number of halogens is 1. The second-order valence-electron chi connectivity index (χ2n) is 7.13. The van der Waals surface area contributed by atoms with Crippen LogP contribution in [0.2, 0.25) is 5.02 Å². The van der Waals surface area contributed by atoms with Crippen molar-refractivity contribution in [3.05, 3.63) is 34.9 Å². The van der Waals surface area contributed by atoms with Crippen LogP contribution in [0.25, 0.3) is 0 Å². The van der Waals surface area contributed by atoms with Crippen molar-refractivity contribution in [3.63, 3.8) is 0 Å². The Hall–Kier alpha value is -1.59. The quantitative estimate of drug-likeness (QED) is 0.737.